The molecule has 0 aromatic carbocycles. The van der Waals surface area contributed by atoms with Crippen LogP contribution in [0.15, 0.2) is 0 Å². The Morgan fingerprint density at radius 1 is 0.364 bits per heavy atom. The van der Waals surface area contributed by atoms with E-state index in [0.29, 0.717) is 0 Å². The van der Waals surface area contributed by atoms with Crippen molar-refractivity contribution in [3.05, 3.63) is 0 Å². The molecule has 11 nitrogen and oxygen atoms in total. The van der Waals surface area contributed by atoms with Crippen molar-refractivity contribution in [3.63, 3.8) is 0 Å². The molecule has 0 aliphatic heterocycles. The van der Waals surface area contributed by atoms with E-state index in [9.17, 15) is 0 Å². The summed E-state index contributed by atoms with van der Waals surface area (Å²) in [6.07, 6.45) is -10.7. The van der Waals surface area contributed by atoms with Gasteiger partial charge in [0.05, 0.1) is 26.4 Å². The second-order valence-corrected chi connectivity index (χ2v) is 4.47. The molecule has 0 amide bonds. The van der Waals surface area contributed by atoms with Crippen molar-refractivity contribution in [1.29, 1.82) is 0 Å². The zero-order chi connectivity index (χ0) is 17.9. The molecule has 0 aromatic rings. The summed E-state index contributed by atoms with van der Waals surface area (Å²) in [4.78, 5) is 0. The minimum absolute atomic E-state index is 0.641. The zero-order valence-corrected chi connectivity index (χ0v) is 11.8. The lowest BCUT2D eigenvalue weighted by Crippen LogP contribution is -2.46. The van der Waals surface area contributed by atoms with Gasteiger partial charge in [0, 0.05) is 0 Å². The maximum atomic E-state index is 8.96. The molecule has 0 spiro atoms. The molecular formula is C11H26O11. The minimum Gasteiger partial charge on any atom is -0.394 e. The Balaban J connectivity index is 0. The molecule has 0 aliphatic carbocycles. The summed E-state index contributed by atoms with van der Waals surface area (Å²) in [7, 11) is 0. The normalized spacial score (nSPS) is 20.9. The van der Waals surface area contributed by atoms with E-state index in [1.165, 1.54) is 0 Å². The van der Waals surface area contributed by atoms with Gasteiger partial charge in [-0.05, 0) is 0 Å². The van der Waals surface area contributed by atoms with Gasteiger partial charge in [0.15, 0.2) is 0 Å². The average molecular weight is 334 g/mol. The molecule has 0 fully saturated rings. The SMILES string of the molecule is OC[C@@H](O)C(O)[C@@H](O)CO.OC[C@@H](O)[C@@H](O)[C@H](O)[C@H](O)CO. The Bertz CT molecular complexity index is 230. The summed E-state index contributed by atoms with van der Waals surface area (Å²) in [5.41, 5.74) is 0. The molecule has 0 saturated heterocycles. The van der Waals surface area contributed by atoms with Crippen LogP contribution in [0.1, 0.15) is 0 Å². The summed E-state index contributed by atoms with van der Waals surface area (Å²) in [6, 6.07) is 0. The first-order chi connectivity index (χ1) is 10.2. The van der Waals surface area contributed by atoms with Gasteiger partial charge >= 0.3 is 0 Å². The van der Waals surface area contributed by atoms with Gasteiger partial charge in [0.25, 0.3) is 0 Å². The summed E-state index contributed by atoms with van der Waals surface area (Å²) in [5, 5.41) is 94.8. The lowest BCUT2D eigenvalue weighted by atomic mass is 10.0. The van der Waals surface area contributed by atoms with E-state index in [0.717, 1.165) is 0 Å². The first-order valence-electron chi connectivity index (χ1n) is 6.37. The van der Waals surface area contributed by atoms with Crippen LogP contribution in [0.5, 0.6) is 0 Å². The third-order valence-electron chi connectivity index (χ3n) is 2.68. The van der Waals surface area contributed by atoms with E-state index in [-0.39, 0.29) is 0 Å². The fourth-order valence-corrected chi connectivity index (χ4v) is 1.14. The van der Waals surface area contributed by atoms with Crippen LogP contribution >= 0.6 is 0 Å². The van der Waals surface area contributed by atoms with Crippen LogP contribution in [-0.4, -0.2) is 125 Å². The molecule has 0 aliphatic rings. The lowest BCUT2D eigenvalue weighted by molar-refractivity contribution is -0.123. The Kier molecular flexibility index (Phi) is 14.1. The van der Waals surface area contributed by atoms with E-state index in [1.807, 2.05) is 0 Å². The molecular weight excluding hydrogens is 308 g/mol. The highest BCUT2D eigenvalue weighted by atomic mass is 16.4. The van der Waals surface area contributed by atoms with Crippen LogP contribution < -0.4 is 0 Å². The molecule has 7 atom stereocenters. The topological polar surface area (TPSA) is 223 Å². The van der Waals surface area contributed by atoms with E-state index < -0.39 is 69.2 Å². The maximum Gasteiger partial charge on any atom is 0.111 e. The highest BCUT2D eigenvalue weighted by Crippen LogP contribution is 2.04. The fourth-order valence-electron chi connectivity index (χ4n) is 1.14. The van der Waals surface area contributed by atoms with Gasteiger partial charge in [0.2, 0.25) is 0 Å². The number of hydrogen-bond donors (Lipinski definition) is 11. The van der Waals surface area contributed by atoms with Gasteiger partial charge in [0.1, 0.15) is 42.7 Å². The van der Waals surface area contributed by atoms with Crippen molar-refractivity contribution in [3.8, 4) is 0 Å². The second kappa shape index (κ2) is 13.0. The first kappa shape index (κ1) is 23.8. The van der Waals surface area contributed by atoms with Gasteiger partial charge in [-0.25, -0.2) is 0 Å². The second-order valence-electron chi connectivity index (χ2n) is 4.47. The smallest absolute Gasteiger partial charge is 0.111 e. The lowest BCUT2D eigenvalue weighted by Gasteiger charge is -2.24. The van der Waals surface area contributed by atoms with Crippen molar-refractivity contribution in [2.45, 2.75) is 42.7 Å². The zero-order valence-electron chi connectivity index (χ0n) is 11.8. The molecule has 0 radical (unpaired) electrons. The molecule has 0 saturated carbocycles. The fraction of sp³-hybridized carbons (Fsp3) is 1.00. The summed E-state index contributed by atoms with van der Waals surface area (Å²) in [6.45, 7) is -2.73. The molecule has 11 heteroatoms. The molecule has 136 valence electrons. The van der Waals surface area contributed by atoms with E-state index >= 15 is 0 Å². The number of aliphatic hydroxyl groups is 11. The van der Waals surface area contributed by atoms with E-state index in [1.54, 1.807) is 0 Å². The van der Waals surface area contributed by atoms with Crippen molar-refractivity contribution < 1.29 is 56.2 Å². The van der Waals surface area contributed by atoms with Crippen molar-refractivity contribution >= 4 is 0 Å². The molecule has 0 bridgehead atoms. The van der Waals surface area contributed by atoms with Crippen molar-refractivity contribution in [2.75, 3.05) is 26.4 Å². The Labute approximate surface area is 126 Å². The van der Waals surface area contributed by atoms with E-state index in [2.05, 4.69) is 0 Å². The number of hydrogen-bond acceptors (Lipinski definition) is 11. The molecule has 1 unspecified atom stereocenters. The van der Waals surface area contributed by atoms with Gasteiger partial charge < -0.3 is 56.2 Å². The standard InChI is InChI=1S/C6H14O6.C5H12O5/c7-1-3(9)5(11)6(12)4(10)2-8;6-1-3(8)5(10)4(9)2-7/h3-12H,1-2H2;3-10H,1-2H2/t3-,4-,5-,6-;3-,4+,5?/m1./s1. The van der Waals surface area contributed by atoms with Crippen LogP contribution in [0.3, 0.4) is 0 Å². The van der Waals surface area contributed by atoms with Gasteiger partial charge in [-0.3, -0.25) is 0 Å². The average Bonchev–Trinajstić information content (AvgIpc) is 2.56. The van der Waals surface area contributed by atoms with Gasteiger partial charge in [-0.2, -0.15) is 0 Å². The van der Waals surface area contributed by atoms with Crippen molar-refractivity contribution in [2.24, 2.45) is 0 Å². The van der Waals surface area contributed by atoms with Crippen LogP contribution in [0.2, 0.25) is 0 Å². The molecule has 0 heterocycles. The van der Waals surface area contributed by atoms with Crippen LogP contribution in [0.4, 0.5) is 0 Å². The van der Waals surface area contributed by atoms with E-state index in [4.69, 9.17) is 56.2 Å². The summed E-state index contributed by atoms with van der Waals surface area (Å²) in [5.74, 6) is 0. The number of rotatable bonds is 9. The third-order valence-corrected chi connectivity index (χ3v) is 2.68. The molecule has 22 heavy (non-hydrogen) atoms. The Morgan fingerprint density at radius 3 is 0.727 bits per heavy atom. The maximum absolute atomic E-state index is 8.96. The van der Waals surface area contributed by atoms with Gasteiger partial charge in [-0.1, -0.05) is 0 Å². The number of aliphatic hydroxyl groups excluding tert-OH is 11. The highest BCUT2D eigenvalue weighted by Gasteiger charge is 2.29. The predicted molar refractivity (Wildman–Crippen MR) is 70.4 cm³/mol. The summed E-state index contributed by atoms with van der Waals surface area (Å²) >= 11 is 0. The molecule has 0 rings (SSSR count). The Morgan fingerprint density at radius 2 is 0.545 bits per heavy atom. The minimum atomic E-state index is -1.67. The largest absolute Gasteiger partial charge is 0.394 e. The first-order valence-corrected chi connectivity index (χ1v) is 6.37. The highest BCUT2D eigenvalue weighted by molar-refractivity contribution is 4.79. The third kappa shape index (κ3) is 8.87. The van der Waals surface area contributed by atoms with Crippen molar-refractivity contribution in [1.82, 2.24) is 0 Å². The predicted octanol–water partition coefficient (Wildman–Crippen LogP) is -6.53. The van der Waals surface area contributed by atoms with Crippen LogP contribution in [0, 0.1) is 0 Å². The molecule has 0 aromatic heterocycles. The quantitative estimate of drug-likeness (QED) is 0.190. The monoisotopic (exact) mass is 334 g/mol. The summed E-state index contributed by atoms with van der Waals surface area (Å²) < 4.78 is 0. The van der Waals surface area contributed by atoms with Gasteiger partial charge in [-0.15, -0.1) is 0 Å². The van der Waals surface area contributed by atoms with Crippen LogP contribution in [-0.2, 0) is 0 Å². The Hall–Kier alpha value is -0.440. The van der Waals surface area contributed by atoms with Crippen LogP contribution in [0.25, 0.3) is 0 Å². The molecule has 11 N–H and O–H groups in total.